The smallest absolute Gasteiger partial charge is 0.354 e. The van der Waals surface area contributed by atoms with E-state index in [1.807, 2.05) is 6.07 Å². The molecule has 0 aliphatic heterocycles. The van der Waals surface area contributed by atoms with Crippen LogP contribution >= 0.6 is 0 Å². The first kappa shape index (κ1) is 15.0. The van der Waals surface area contributed by atoms with E-state index in [-0.39, 0.29) is 11.0 Å². The quantitative estimate of drug-likeness (QED) is 0.674. The normalized spacial score (nSPS) is 12.6. The topological polar surface area (TPSA) is 51.3 Å². The van der Waals surface area contributed by atoms with Crippen molar-refractivity contribution in [2.45, 2.75) is 45.5 Å². The molecule has 4 nitrogen and oxygen atoms in total. The monoisotopic (exact) mass is 269 g/mol. The Morgan fingerprint density at radius 2 is 1.94 bits per heavy atom. The van der Waals surface area contributed by atoms with Crippen molar-refractivity contribution in [2.75, 3.05) is 7.11 Å². The van der Waals surface area contributed by atoms with E-state index in [1.54, 1.807) is 6.07 Å². The van der Waals surface area contributed by atoms with E-state index < -0.39 is 8.32 Å². The van der Waals surface area contributed by atoms with Gasteiger partial charge in [0.25, 0.3) is 0 Å². The van der Waals surface area contributed by atoms with Crippen LogP contribution in [0.5, 0.6) is 0 Å². The molecule has 0 fully saturated rings. The van der Waals surface area contributed by atoms with Crippen molar-refractivity contribution in [1.29, 1.82) is 0 Å². The molecule has 0 saturated carbocycles. The molecule has 1 aromatic heterocycles. The number of carbonyl (C=O) groups excluding carboxylic acids is 1. The van der Waals surface area contributed by atoms with Crippen LogP contribution in [0.1, 0.15) is 37.0 Å². The Hall–Kier alpha value is -1.07. The van der Waals surface area contributed by atoms with Gasteiger partial charge in [0, 0.05) is 5.69 Å². The molecule has 5 heteroatoms. The zero-order chi connectivity index (χ0) is 14.0. The number of carbonyl (C=O) groups is 1. The fourth-order valence-corrected chi connectivity index (χ4v) is 2.18. The van der Waals surface area contributed by atoms with Crippen LogP contribution in [0.25, 0.3) is 0 Å². The van der Waals surface area contributed by atoms with Crippen molar-refractivity contribution in [3.05, 3.63) is 23.5 Å². The molecule has 0 saturated heterocycles. The molecule has 1 rings (SSSR count). The Labute approximate surface area is 110 Å². The second kappa shape index (κ2) is 5.28. The van der Waals surface area contributed by atoms with E-state index in [0.29, 0.717) is 12.3 Å². The maximum absolute atomic E-state index is 11.3. The summed E-state index contributed by atoms with van der Waals surface area (Å²) in [6.07, 6.45) is 0. The van der Waals surface area contributed by atoms with E-state index in [4.69, 9.17) is 4.43 Å². The van der Waals surface area contributed by atoms with Crippen LogP contribution < -0.4 is 0 Å². The fourth-order valence-electron chi connectivity index (χ4n) is 1.23. The van der Waals surface area contributed by atoms with Crippen molar-refractivity contribution in [3.63, 3.8) is 0 Å². The number of aromatic nitrogens is 1. The lowest BCUT2D eigenvalue weighted by molar-refractivity contribution is 0.0594. The molecule has 102 valence electrons. The van der Waals surface area contributed by atoms with Crippen LogP contribution in [-0.2, 0) is 15.8 Å². The first-order chi connectivity index (χ1) is 8.17. The summed E-state index contributed by atoms with van der Waals surface area (Å²) >= 11 is 0. The van der Waals surface area contributed by atoms with Gasteiger partial charge in [0.1, 0.15) is 5.69 Å². The third-order valence-electron chi connectivity index (χ3n) is 3.55. The van der Waals surface area contributed by atoms with Crippen molar-refractivity contribution < 1.29 is 14.0 Å². The molecule has 0 aromatic carbocycles. The van der Waals surface area contributed by atoms with Gasteiger partial charge in [-0.25, -0.2) is 4.79 Å². The van der Waals surface area contributed by atoms with Gasteiger partial charge in [-0.1, -0.05) is 20.8 Å². The summed E-state index contributed by atoms with van der Waals surface area (Å²) in [6, 6.07) is 3.58. The van der Waals surface area contributed by atoms with Gasteiger partial charge < -0.3 is 14.1 Å². The van der Waals surface area contributed by atoms with Crippen LogP contribution in [-0.4, -0.2) is 26.4 Å². The van der Waals surface area contributed by atoms with Gasteiger partial charge in [-0.2, -0.15) is 0 Å². The Bertz CT molecular complexity index is 418. The molecular formula is C13H23NO3Si. The average Bonchev–Trinajstić information content (AvgIpc) is 2.72. The van der Waals surface area contributed by atoms with Crippen molar-refractivity contribution in [2.24, 2.45) is 0 Å². The fraction of sp³-hybridized carbons (Fsp3) is 0.615. The van der Waals surface area contributed by atoms with E-state index in [1.165, 1.54) is 7.11 Å². The van der Waals surface area contributed by atoms with E-state index in [0.717, 1.165) is 5.69 Å². The van der Waals surface area contributed by atoms with Crippen LogP contribution in [0.3, 0.4) is 0 Å². The van der Waals surface area contributed by atoms with Crippen LogP contribution in [0.4, 0.5) is 0 Å². The molecule has 0 atom stereocenters. The summed E-state index contributed by atoms with van der Waals surface area (Å²) in [4.78, 5) is 14.3. The molecule has 0 radical (unpaired) electrons. The summed E-state index contributed by atoms with van der Waals surface area (Å²) in [5.41, 5.74) is 1.37. The van der Waals surface area contributed by atoms with Crippen LogP contribution in [0.15, 0.2) is 12.1 Å². The second-order valence-corrected chi connectivity index (χ2v) is 10.7. The Balaban J connectivity index is 2.65. The lowest BCUT2D eigenvalue weighted by atomic mass is 10.2. The third-order valence-corrected chi connectivity index (χ3v) is 8.02. The molecule has 18 heavy (non-hydrogen) atoms. The molecule has 1 heterocycles. The third kappa shape index (κ3) is 3.46. The van der Waals surface area contributed by atoms with Crippen molar-refractivity contribution >= 4 is 14.3 Å². The highest BCUT2D eigenvalue weighted by molar-refractivity contribution is 6.74. The molecule has 1 aromatic rings. The maximum Gasteiger partial charge on any atom is 0.354 e. The van der Waals surface area contributed by atoms with Crippen molar-refractivity contribution in [1.82, 2.24) is 4.98 Å². The van der Waals surface area contributed by atoms with Crippen LogP contribution in [0.2, 0.25) is 18.1 Å². The highest BCUT2D eigenvalue weighted by Crippen LogP contribution is 2.36. The highest BCUT2D eigenvalue weighted by Gasteiger charge is 2.37. The van der Waals surface area contributed by atoms with E-state index in [9.17, 15) is 4.79 Å². The van der Waals surface area contributed by atoms with Gasteiger partial charge >= 0.3 is 5.97 Å². The number of nitrogens with one attached hydrogen (secondary N) is 1. The zero-order valence-corrected chi connectivity index (χ0v) is 13.1. The molecule has 0 amide bonds. The average molecular weight is 269 g/mol. The maximum atomic E-state index is 11.3. The molecule has 0 spiro atoms. The van der Waals surface area contributed by atoms with E-state index >= 15 is 0 Å². The standard InChI is InChI=1S/C13H23NO3Si/c1-13(2,3)18(5,6)17-9-10-7-8-11(14-10)12(15)16-4/h7-8,14H,9H2,1-6H3. The van der Waals surface area contributed by atoms with Gasteiger partial charge in [-0.15, -0.1) is 0 Å². The molecule has 0 aliphatic rings. The van der Waals surface area contributed by atoms with E-state index in [2.05, 4.69) is 43.6 Å². The molecular weight excluding hydrogens is 246 g/mol. The van der Waals surface area contributed by atoms with Crippen molar-refractivity contribution in [3.8, 4) is 0 Å². The number of ether oxygens (including phenoxy) is 1. The highest BCUT2D eigenvalue weighted by atomic mass is 28.4. The number of methoxy groups -OCH3 is 1. The molecule has 0 aliphatic carbocycles. The lowest BCUT2D eigenvalue weighted by Crippen LogP contribution is -2.40. The van der Waals surface area contributed by atoms with Gasteiger partial charge in [0.2, 0.25) is 0 Å². The number of hydrogen-bond acceptors (Lipinski definition) is 3. The summed E-state index contributed by atoms with van der Waals surface area (Å²) in [6.45, 7) is 11.5. The largest absolute Gasteiger partial charge is 0.464 e. The first-order valence-electron chi connectivity index (χ1n) is 6.07. The Morgan fingerprint density at radius 1 is 1.33 bits per heavy atom. The second-order valence-electron chi connectivity index (χ2n) is 5.94. The SMILES string of the molecule is COC(=O)c1ccc(CO[Si](C)(C)C(C)(C)C)[nH]1. The Kier molecular flexibility index (Phi) is 4.40. The molecule has 1 N–H and O–H groups in total. The summed E-state index contributed by atoms with van der Waals surface area (Å²) < 4.78 is 10.7. The minimum absolute atomic E-state index is 0.185. The van der Waals surface area contributed by atoms with Gasteiger partial charge in [0.15, 0.2) is 8.32 Å². The summed E-state index contributed by atoms with van der Waals surface area (Å²) in [7, 11) is -0.380. The zero-order valence-electron chi connectivity index (χ0n) is 12.1. The minimum atomic E-state index is -1.75. The molecule has 0 unspecified atom stereocenters. The number of esters is 1. The Morgan fingerprint density at radius 3 is 2.44 bits per heavy atom. The van der Waals surface area contributed by atoms with Gasteiger partial charge in [0.05, 0.1) is 13.7 Å². The number of hydrogen-bond donors (Lipinski definition) is 1. The molecule has 0 bridgehead atoms. The number of aromatic amines is 1. The lowest BCUT2D eigenvalue weighted by Gasteiger charge is -2.36. The minimum Gasteiger partial charge on any atom is -0.464 e. The van der Waals surface area contributed by atoms with Crippen LogP contribution in [0, 0.1) is 0 Å². The summed E-state index contributed by atoms with van der Waals surface area (Å²) in [5.74, 6) is -0.353. The number of H-pyrrole nitrogens is 1. The summed E-state index contributed by atoms with van der Waals surface area (Å²) in [5, 5.41) is 0.185. The predicted molar refractivity (Wildman–Crippen MR) is 74.1 cm³/mol. The predicted octanol–water partition coefficient (Wildman–Crippen LogP) is 3.32. The number of rotatable bonds is 4. The van der Waals surface area contributed by atoms with Gasteiger partial charge in [-0.3, -0.25) is 0 Å². The first-order valence-corrected chi connectivity index (χ1v) is 8.98. The van der Waals surface area contributed by atoms with Gasteiger partial charge in [-0.05, 0) is 30.3 Å².